The summed E-state index contributed by atoms with van der Waals surface area (Å²) in [5, 5.41) is 9.61. The molecule has 0 saturated heterocycles. The number of phenols is 1. The summed E-state index contributed by atoms with van der Waals surface area (Å²) in [7, 11) is 0. The molecule has 82 valence electrons. The Kier molecular flexibility index (Phi) is 2.72. The van der Waals surface area contributed by atoms with Crippen LogP contribution in [0.2, 0.25) is 0 Å². The van der Waals surface area contributed by atoms with Crippen LogP contribution in [0, 0.1) is 0 Å². The van der Waals surface area contributed by atoms with Gasteiger partial charge in [-0.1, -0.05) is 19.9 Å². The minimum atomic E-state index is 0.326. The normalized spacial score (nSPS) is 18.5. The van der Waals surface area contributed by atoms with Crippen LogP contribution in [0.5, 0.6) is 5.75 Å². The lowest BCUT2D eigenvalue weighted by Crippen LogP contribution is -2.29. The van der Waals surface area contributed by atoms with Gasteiger partial charge in [0.05, 0.1) is 0 Å². The van der Waals surface area contributed by atoms with Crippen molar-refractivity contribution in [1.29, 1.82) is 0 Å². The van der Waals surface area contributed by atoms with Crippen LogP contribution in [0.3, 0.4) is 0 Å². The Hall–Kier alpha value is -0.980. The highest BCUT2D eigenvalue weighted by atomic mass is 16.3. The number of aryl methyl sites for hydroxylation is 1. The van der Waals surface area contributed by atoms with Crippen molar-refractivity contribution in [2.75, 3.05) is 0 Å². The number of hydrogen-bond acceptors (Lipinski definition) is 1. The van der Waals surface area contributed by atoms with E-state index in [9.17, 15) is 5.11 Å². The molecule has 0 bridgehead atoms. The number of hydrogen-bond donors (Lipinski definition) is 1. The summed E-state index contributed by atoms with van der Waals surface area (Å²) in [5.41, 5.74) is 3.17. The summed E-state index contributed by atoms with van der Waals surface area (Å²) in [4.78, 5) is 0. The van der Waals surface area contributed by atoms with E-state index < -0.39 is 0 Å². The van der Waals surface area contributed by atoms with Crippen LogP contribution in [0.25, 0.3) is 0 Å². The fourth-order valence-electron chi connectivity index (χ4n) is 3.01. The zero-order chi connectivity index (χ0) is 10.9. The second kappa shape index (κ2) is 3.88. The molecule has 1 aromatic carbocycles. The zero-order valence-corrected chi connectivity index (χ0v) is 9.71. The van der Waals surface area contributed by atoms with Gasteiger partial charge in [0.1, 0.15) is 5.75 Å². The maximum Gasteiger partial charge on any atom is 0.115 e. The number of rotatable bonds is 2. The van der Waals surface area contributed by atoms with Gasteiger partial charge in [-0.05, 0) is 60.8 Å². The smallest absolute Gasteiger partial charge is 0.115 e. The van der Waals surface area contributed by atoms with E-state index in [1.165, 1.54) is 43.2 Å². The first-order valence-corrected chi connectivity index (χ1v) is 6.04. The summed E-state index contributed by atoms with van der Waals surface area (Å²) < 4.78 is 0. The van der Waals surface area contributed by atoms with Gasteiger partial charge in [-0.2, -0.15) is 0 Å². The molecule has 0 aliphatic heterocycles. The maximum absolute atomic E-state index is 9.61. The lowest BCUT2D eigenvalue weighted by atomic mass is 9.67. The molecule has 1 nitrogen and oxygen atoms in total. The third-order valence-electron chi connectivity index (χ3n) is 4.12. The predicted octanol–water partition coefficient (Wildman–Crippen LogP) is 3.79. The lowest BCUT2D eigenvalue weighted by Gasteiger charge is -2.38. The van der Waals surface area contributed by atoms with Gasteiger partial charge >= 0.3 is 0 Å². The van der Waals surface area contributed by atoms with Crippen molar-refractivity contribution in [2.45, 2.75) is 51.4 Å². The van der Waals surface area contributed by atoms with E-state index in [2.05, 4.69) is 19.9 Å². The van der Waals surface area contributed by atoms with E-state index in [1.54, 1.807) is 0 Å². The van der Waals surface area contributed by atoms with Crippen LogP contribution in [0.1, 0.15) is 50.7 Å². The summed E-state index contributed by atoms with van der Waals surface area (Å²) in [5.74, 6) is 0.418. The number of benzene rings is 1. The Labute approximate surface area is 92.1 Å². The standard InChI is InChI=1S/C14H20O/c1-3-14(4-2)9-5-6-11-7-8-12(15)10-13(11)14/h7-8,10,15H,3-6,9H2,1-2H3. The predicted molar refractivity (Wildman–Crippen MR) is 63.3 cm³/mol. The first-order valence-electron chi connectivity index (χ1n) is 6.04. The fraction of sp³-hybridized carbons (Fsp3) is 0.571. The molecule has 1 heteroatoms. The van der Waals surface area contributed by atoms with Gasteiger partial charge in [-0.15, -0.1) is 0 Å². The fourth-order valence-corrected chi connectivity index (χ4v) is 3.01. The molecule has 0 aromatic heterocycles. The van der Waals surface area contributed by atoms with Crippen molar-refractivity contribution in [1.82, 2.24) is 0 Å². The average Bonchev–Trinajstić information content (AvgIpc) is 2.28. The van der Waals surface area contributed by atoms with Crippen molar-refractivity contribution in [3.63, 3.8) is 0 Å². The van der Waals surface area contributed by atoms with Crippen LogP contribution < -0.4 is 0 Å². The van der Waals surface area contributed by atoms with Gasteiger partial charge in [0, 0.05) is 0 Å². The van der Waals surface area contributed by atoms with Crippen LogP contribution in [0.4, 0.5) is 0 Å². The Morgan fingerprint density at radius 1 is 1.27 bits per heavy atom. The van der Waals surface area contributed by atoms with E-state index in [4.69, 9.17) is 0 Å². The SMILES string of the molecule is CCC1(CC)CCCc2ccc(O)cc21. The van der Waals surface area contributed by atoms with Gasteiger partial charge in [0.15, 0.2) is 0 Å². The van der Waals surface area contributed by atoms with Crippen LogP contribution >= 0.6 is 0 Å². The third-order valence-corrected chi connectivity index (χ3v) is 4.12. The zero-order valence-electron chi connectivity index (χ0n) is 9.71. The molecule has 2 rings (SSSR count). The highest BCUT2D eigenvalue weighted by Gasteiger charge is 2.33. The molecule has 0 atom stereocenters. The minimum Gasteiger partial charge on any atom is -0.508 e. The second-order valence-electron chi connectivity index (χ2n) is 4.68. The topological polar surface area (TPSA) is 20.2 Å². The minimum absolute atomic E-state index is 0.326. The van der Waals surface area contributed by atoms with Crippen molar-refractivity contribution in [3.8, 4) is 5.75 Å². The van der Waals surface area contributed by atoms with Gasteiger partial charge in [0.2, 0.25) is 0 Å². The van der Waals surface area contributed by atoms with Crippen molar-refractivity contribution in [3.05, 3.63) is 29.3 Å². The van der Waals surface area contributed by atoms with E-state index in [-0.39, 0.29) is 0 Å². The van der Waals surface area contributed by atoms with Gasteiger partial charge in [-0.25, -0.2) is 0 Å². The number of fused-ring (bicyclic) bond motifs is 1. The Morgan fingerprint density at radius 3 is 2.67 bits per heavy atom. The Bertz CT molecular complexity index is 350. The Morgan fingerprint density at radius 2 is 2.00 bits per heavy atom. The first-order chi connectivity index (χ1) is 7.22. The molecular weight excluding hydrogens is 184 g/mol. The van der Waals surface area contributed by atoms with Gasteiger partial charge in [0.25, 0.3) is 0 Å². The molecule has 1 aliphatic rings. The molecule has 0 saturated carbocycles. The summed E-state index contributed by atoms with van der Waals surface area (Å²) in [6.07, 6.45) is 6.10. The molecule has 0 unspecified atom stereocenters. The van der Waals surface area contributed by atoms with E-state index in [0.717, 1.165) is 0 Å². The largest absolute Gasteiger partial charge is 0.508 e. The van der Waals surface area contributed by atoms with Gasteiger partial charge in [-0.3, -0.25) is 0 Å². The summed E-state index contributed by atoms with van der Waals surface area (Å²) in [6.45, 7) is 4.53. The number of aromatic hydroxyl groups is 1. The highest BCUT2D eigenvalue weighted by Crippen LogP contribution is 2.43. The van der Waals surface area contributed by atoms with Crippen LogP contribution in [-0.2, 0) is 11.8 Å². The van der Waals surface area contributed by atoms with Crippen LogP contribution in [-0.4, -0.2) is 5.11 Å². The molecule has 0 fully saturated rings. The monoisotopic (exact) mass is 204 g/mol. The Balaban J connectivity index is 2.53. The molecular formula is C14H20O. The highest BCUT2D eigenvalue weighted by molar-refractivity contribution is 5.41. The van der Waals surface area contributed by atoms with E-state index in [0.29, 0.717) is 11.2 Å². The van der Waals surface area contributed by atoms with E-state index >= 15 is 0 Å². The first kappa shape index (κ1) is 10.5. The third kappa shape index (κ3) is 1.64. The molecule has 15 heavy (non-hydrogen) atoms. The molecule has 1 N–H and O–H groups in total. The average molecular weight is 204 g/mol. The molecule has 0 radical (unpaired) electrons. The molecule has 1 aliphatic carbocycles. The molecule has 1 aromatic rings. The van der Waals surface area contributed by atoms with E-state index in [1.807, 2.05) is 12.1 Å². The van der Waals surface area contributed by atoms with Crippen molar-refractivity contribution < 1.29 is 5.11 Å². The summed E-state index contributed by atoms with van der Waals surface area (Å²) in [6, 6.07) is 5.91. The molecule has 0 spiro atoms. The van der Waals surface area contributed by atoms with Crippen molar-refractivity contribution >= 4 is 0 Å². The number of phenolic OH excluding ortho intramolecular Hbond substituents is 1. The lowest BCUT2D eigenvalue weighted by molar-refractivity contribution is 0.333. The van der Waals surface area contributed by atoms with Crippen LogP contribution in [0.15, 0.2) is 18.2 Å². The maximum atomic E-state index is 9.61. The van der Waals surface area contributed by atoms with Crippen molar-refractivity contribution in [2.24, 2.45) is 0 Å². The summed E-state index contributed by atoms with van der Waals surface area (Å²) >= 11 is 0. The molecule has 0 amide bonds. The van der Waals surface area contributed by atoms with Gasteiger partial charge < -0.3 is 5.11 Å². The molecule has 0 heterocycles. The quantitative estimate of drug-likeness (QED) is 0.777. The second-order valence-corrected chi connectivity index (χ2v) is 4.68.